The molecule has 3 aromatic heterocycles. The number of pyridine rings is 1. The molecule has 28 heavy (non-hydrogen) atoms. The third kappa shape index (κ3) is 2.55. The van der Waals surface area contributed by atoms with E-state index in [1.54, 1.807) is 11.8 Å². The Kier molecular flexibility index (Phi) is 3.68. The molecule has 0 aliphatic carbocycles. The Morgan fingerprint density at radius 2 is 2.04 bits per heavy atom. The van der Waals surface area contributed by atoms with Crippen molar-refractivity contribution in [3.8, 4) is 28.1 Å². The Balaban J connectivity index is 1.63. The summed E-state index contributed by atoms with van der Waals surface area (Å²) in [5.74, 6) is 0.510. The molecule has 5 rings (SSSR count). The van der Waals surface area contributed by atoms with Crippen molar-refractivity contribution in [2.45, 2.75) is 6.42 Å². The lowest BCUT2D eigenvalue weighted by Gasteiger charge is -2.20. The van der Waals surface area contributed by atoms with E-state index in [1.807, 2.05) is 48.4 Å². The maximum atomic E-state index is 12.2. The summed E-state index contributed by atoms with van der Waals surface area (Å²) in [7, 11) is 3.50. The summed E-state index contributed by atoms with van der Waals surface area (Å²) in [5.41, 5.74) is 6.54. The van der Waals surface area contributed by atoms with Crippen LogP contribution in [0.5, 0.6) is 5.75 Å². The van der Waals surface area contributed by atoms with Crippen molar-refractivity contribution < 1.29 is 9.53 Å². The van der Waals surface area contributed by atoms with Crippen molar-refractivity contribution in [2.75, 3.05) is 13.7 Å². The average Bonchev–Trinajstić information content (AvgIpc) is 3.33. The van der Waals surface area contributed by atoms with Gasteiger partial charge < -0.3 is 10.1 Å². The Bertz CT molecular complexity index is 1200. The third-order valence-corrected chi connectivity index (χ3v) is 5.16. The van der Waals surface area contributed by atoms with Gasteiger partial charge in [0.15, 0.2) is 0 Å². The van der Waals surface area contributed by atoms with Crippen LogP contribution in [-0.2, 0) is 13.5 Å². The highest BCUT2D eigenvalue weighted by atomic mass is 16.5. The van der Waals surface area contributed by atoms with Gasteiger partial charge in [-0.25, -0.2) is 4.98 Å². The second-order valence-electron chi connectivity index (χ2n) is 6.91. The molecule has 140 valence electrons. The molecule has 0 saturated heterocycles. The first-order chi connectivity index (χ1) is 13.6. The fourth-order valence-electron chi connectivity index (χ4n) is 3.78. The topological polar surface area (TPSA) is 73.5 Å². The second kappa shape index (κ2) is 6.23. The van der Waals surface area contributed by atoms with E-state index < -0.39 is 0 Å². The fraction of sp³-hybridized carbons (Fsp3) is 0.190. The summed E-state index contributed by atoms with van der Waals surface area (Å²) >= 11 is 0. The summed E-state index contributed by atoms with van der Waals surface area (Å²) in [4.78, 5) is 16.8. The number of carbonyl (C=O) groups is 1. The number of carbonyl (C=O) groups excluding carboxylic acids is 1. The molecule has 7 nitrogen and oxygen atoms in total. The minimum absolute atomic E-state index is 0.0797. The molecule has 7 heteroatoms. The molecule has 4 heterocycles. The zero-order chi connectivity index (χ0) is 19.3. The predicted octanol–water partition coefficient (Wildman–Crippen LogP) is 2.70. The maximum Gasteiger partial charge on any atom is 0.255 e. The Morgan fingerprint density at radius 3 is 2.82 bits per heavy atom. The first-order valence-electron chi connectivity index (χ1n) is 9.09. The molecular formula is C21H19N5O2. The molecular weight excluding hydrogens is 354 g/mol. The normalized spacial score (nSPS) is 13.4. The van der Waals surface area contributed by atoms with E-state index in [9.17, 15) is 4.79 Å². The van der Waals surface area contributed by atoms with E-state index in [4.69, 9.17) is 4.74 Å². The number of nitrogens with zero attached hydrogens (tertiary/aromatic N) is 4. The van der Waals surface area contributed by atoms with E-state index in [2.05, 4.69) is 27.5 Å². The van der Waals surface area contributed by atoms with Crippen LogP contribution >= 0.6 is 0 Å². The monoisotopic (exact) mass is 373 g/mol. The van der Waals surface area contributed by atoms with Crippen molar-refractivity contribution in [3.63, 3.8) is 0 Å². The van der Waals surface area contributed by atoms with Crippen LogP contribution in [0.3, 0.4) is 0 Å². The SMILES string of the molecule is COc1cc(-c2cnc3cc(-c4cnn(C)c4)ccn23)cc2c1C(=O)NCC2. The number of hydrogen-bond acceptors (Lipinski definition) is 4. The summed E-state index contributed by atoms with van der Waals surface area (Å²) in [6, 6.07) is 8.07. The molecule has 0 unspecified atom stereocenters. The molecule has 0 atom stereocenters. The quantitative estimate of drug-likeness (QED) is 0.599. The molecule has 1 aromatic carbocycles. The van der Waals surface area contributed by atoms with Crippen molar-refractivity contribution in [2.24, 2.45) is 7.05 Å². The molecule has 0 radical (unpaired) electrons. The number of rotatable bonds is 3. The van der Waals surface area contributed by atoms with Crippen molar-refractivity contribution in [3.05, 3.63) is 60.2 Å². The number of benzene rings is 1. The van der Waals surface area contributed by atoms with E-state index >= 15 is 0 Å². The maximum absolute atomic E-state index is 12.2. The first-order valence-corrected chi connectivity index (χ1v) is 9.09. The number of hydrogen-bond donors (Lipinski definition) is 1. The molecule has 0 spiro atoms. The second-order valence-corrected chi connectivity index (χ2v) is 6.91. The van der Waals surface area contributed by atoms with E-state index in [1.165, 1.54) is 0 Å². The molecule has 4 aromatic rings. The van der Waals surface area contributed by atoms with Gasteiger partial charge >= 0.3 is 0 Å². The van der Waals surface area contributed by atoms with Crippen LogP contribution in [0.4, 0.5) is 0 Å². The van der Waals surface area contributed by atoms with Crippen LogP contribution in [-0.4, -0.2) is 38.7 Å². The van der Waals surface area contributed by atoms with Crippen molar-refractivity contribution in [1.82, 2.24) is 24.5 Å². The highest BCUT2D eigenvalue weighted by Crippen LogP contribution is 2.33. The van der Waals surface area contributed by atoms with Crippen LogP contribution in [0.25, 0.3) is 28.0 Å². The molecule has 0 saturated carbocycles. The number of amides is 1. The minimum Gasteiger partial charge on any atom is -0.496 e. The van der Waals surface area contributed by atoms with Gasteiger partial charge in [0.25, 0.3) is 5.91 Å². The number of methoxy groups -OCH3 is 1. The lowest BCUT2D eigenvalue weighted by atomic mass is 9.95. The van der Waals surface area contributed by atoms with Gasteiger partial charge in [-0.1, -0.05) is 0 Å². The van der Waals surface area contributed by atoms with Gasteiger partial charge in [-0.15, -0.1) is 0 Å². The zero-order valence-corrected chi connectivity index (χ0v) is 15.6. The summed E-state index contributed by atoms with van der Waals surface area (Å²) < 4.78 is 9.34. The molecule has 0 fully saturated rings. The van der Waals surface area contributed by atoms with Crippen LogP contribution in [0.15, 0.2) is 49.1 Å². The van der Waals surface area contributed by atoms with Crippen LogP contribution < -0.4 is 10.1 Å². The zero-order valence-electron chi connectivity index (χ0n) is 15.6. The summed E-state index contributed by atoms with van der Waals surface area (Å²) in [6.45, 7) is 0.639. The number of fused-ring (bicyclic) bond motifs is 2. The van der Waals surface area contributed by atoms with Gasteiger partial charge in [-0.3, -0.25) is 13.9 Å². The van der Waals surface area contributed by atoms with Crippen molar-refractivity contribution in [1.29, 1.82) is 0 Å². The standard InChI is InChI=1S/C21H19N5O2/c1-25-12-16(10-24-25)13-4-6-26-17(11-23-19(26)9-13)15-7-14-3-5-22-21(27)20(14)18(8-15)28-2/h4,6-12H,3,5H2,1-2H3,(H,22,27). The predicted molar refractivity (Wildman–Crippen MR) is 105 cm³/mol. The molecule has 1 N–H and O–H groups in total. The van der Waals surface area contributed by atoms with E-state index in [-0.39, 0.29) is 5.91 Å². The molecule has 1 aliphatic rings. The average molecular weight is 373 g/mol. The number of imidazole rings is 1. The van der Waals surface area contributed by atoms with Gasteiger partial charge in [0.05, 0.1) is 30.8 Å². The lowest BCUT2D eigenvalue weighted by molar-refractivity contribution is 0.0942. The van der Waals surface area contributed by atoms with Crippen LogP contribution in [0.1, 0.15) is 15.9 Å². The Labute approximate surface area is 161 Å². The number of aromatic nitrogens is 4. The first kappa shape index (κ1) is 16.6. The van der Waals surface area contributed by atoms with Gasteiger partial charge in [-0.2, -0.15) is 5.10 Å². The molecule has 1 aliphatic heterocycles. The molecule has 0 bridgehead atoms. The van der Waals surface area contributed by atoms with E-state index in [0.717, 1.165) is 40.0 Å². The number of aryl methyl sites for hydroxylation is 1. The highest BCUT2D eigenvalue weighted by Gasteiger charge is 2.23. The Hall–Kier alpha value is -3.61. The number of ether oxygens (including phenoxy) is 1. The summed E-state index contributed by atoms with van der Waals surface area (Å²) in [5, 5.41) is 7.11. The smallest absolute Gasteiger partial charge is 0.255 e. The van der Waals surface area contributed by atoms with Crippen molar-refractivity contribution >= 4 is 11.6 Å². The van der Waals surface area contributed by atoms with Gasteiger partial charge in [-0.05, 0) is 41.8 Å². The summed E-state index contributed by atoms with van der Waals surface area (Å²) in [6.07, 6.45) is 8.47. The van der Waals surface area contributed by atoms with Crippen LogP contribution in [0.2, 0.25) is 0 Å². The lowest BCUT2D eigenvalue weighted by Crippen LogP contribution is -2.32. The van der Waals surface area contributed by atoms with Crippen LogP contribution in [0, 0.1) is 0 Å². The van der Waals surface area contributed by atoms with E-state index in [0.29, 0.717) is 17.9 Å². The van der Waals surface area contributed by atoms with Gasteiger partial charge in [0.2, 0.25) is 0 Å². The Morgan fingerprint density at radius 1 is 1.14 bits per heavy atom. The number of nitrogens with one attached hydrogen (secondary N) is 1. The largest absolute Gasteiger partial charge is 0.496 e. The minimum atomic E-state index is -0.0797. The third-order valence-electron chi connectivity index (χ3n) is 5.16. The highest BCUT2D eigenvalue weighted by molar-refractivity contribution is 6.00. The fourth-order valence-corrected chi connectivity index (χ4v) is 3.78. The van der Waals surface area contributed by atoms with Gasteiger partial charge in [0, 0.05) is 37.1 Å². The van der Waals surface area contributed by atoms with Gasteiger partial charge in [0.1, 0.15) is 11.4 Å². The molecule has 1 amide bonds.